The van der Waals surface area contributed by atoms with E-state index in [0.29, 0.717) is 5.02 Å². The zero-order valence-corrected chi connectivity index (χ0v) is 16.8. The van der Waals surface area contributed by atoms with Gasteiger partial charge in [0.25, 0.3) is 5.91 Å². The molecule has 158 valence electrons. The molecule has 1 amide bonds. The Morgan fingerprint density at radius 2 is 1.87 bits per heavy atom. The SMILES string of the molecule is CCCC(CNC(=O)c1cn(-c2ncccn2)nc1C(F)(F)F)c1ccc(Cl)cc1. The quantitative estimate of drug-likeness (QED) is 0.584. The summed E-state index contributed by atoms with van der Waals surface area (Å²) in [6.45, 7) is 2.18. The van der Waals surface area contributed by atoms with E-state index in [1.54, 1.807) is 12.1 Å². The fraction of sp³-hybridized carbons (Fsp3) is 0.300. The molecule has 0 bridgehead atoms. The number of alkyl halides is 3. The second-order valence-electron chi connectivity index (χ2n) is 6.63. The number of carbonyl (C=O) groups excluding carboxylic acids is 1. The maximum atomic E-state index is 13.5. The van der Waals surface area contributed by atoms with Gasteiger partial charge in [-0.25, -0.2) is 14.6 Å². The molecule has 0 spiro atoms. The van der Waals surface area contributed by atoms with Gasteiger partial charge in [0.1, 0.15) is 0 Å². The van der Waals surface area contributed by atoms with Gasteiger partial charge in [0.2, 0.25) is 5.95 Å². The molecule has 0 fully saturated rings. The van der Waals surface area contributed by atoms with E-state index in [-0.39, 0.29) is 18.4 Å². The zero-order chi connectivity index (χ0) is 21.7. The van der Waals surface area contributed by atoms with E-state index < -0.39 is 23.3 Å². The van der Waals surface area contributed by atoms with Crippen molar-refractivity contribution in [2.75, 3.05) is 6.54 Å². The predicted octanol–water partition coefficient (Wildman–Crippen LogP) is 4.65. The lowest BCUT2D eigenvalue weighted by molar-refractivity contribution is -0.141. The lowest BCUT2D eigenvalue weighted by Crippen LogP contribution is -2.30. The van der Waals surface area contributed by atoms with Gasteiger partial charge in [-0.2, -0.15) is 18.3 Å². The Morgan fingerprint density at radius 3 is 2.47 bits per heavy atom. The maximum absolute atomic E-state index is 13.5. The molecule has 2 heterocycles. The van der Waals surface area contributed by atoms with Crippen LogP contribution in [0, 0.1) is 0 Å². The molecule has 1 atom stereocenters. The molecule has 1 aromatic carbocycles. The van der Waals surface area contributed by atoms with Gasteiger partial charge in [0, 0.05) is 36.1 Å². The van der Waals surface area contributed by atoms with Gasteiger partial charge >= 0.3 is 6.18 Å². The molecule has 1 N–H and O–H groups in total. The summed E-state index contributed by atoms with van der Waals surface area (Å²) in [5.41, 5.74) is -0.918. The third-order valence-corrected chi connectivity index (χ3v) is 4.72. The predicted molar refractivity (Wildman–Crippen MR) is 106 cm³/mol. The van der Waals surface area contributed by atoms with Crippen LogP contribution in [0.15, 0.2) is 48.9 Å². The minimum absolute atomic E-state index is 0.0574. The number of rotatable bonds is 7. The Hall–Kier alpha value is -2.94. The molecule has 30 heavy (non-hydrogen) atoms. The van der Waals surface area contributed by atoms with Gasteiger partial charge in [-0.05, 0) is 30.2 Å². The van der Waals surface area contributed by atoms with Crippen LogP contribution in [0.25, 0.3) is 5.95 Å². The highest BCUT2D eigenvalue weighted by molar-refractivity contribution is 6.30. The van der Waals surface area contributed by atoms with Crippen LogP contribution in [0.5, 0.6) is 0 Å². The van der Waals surface area contributed by atoms with Crippen LogP contribution in [0.1, 0.15) is 47.3 Å². The normalized spacial score (nSPS) is 12.6. The molecule has 2 aromatic heterocycles. The zero-order valence-electron chi connectivity index (χ0n) is 16.0. The van der Waals surface area contributed by atoms with Crippen molar-refractivity contribution >= 4 is 17.5 Å². The second kappa shape index (κ2) is 9.25. The molecule has 6 nitrogen and oxygen atoms in total. The minimum Gasteiger partial charge on any atom is -0.351 e. The number of amides is 1. The number of aromatic nitrogens is 4. The fourth-order valence-corrected chi connectivity index (χ4v) is 3.17. The third-order valence-electron chi connectivity index (χ3n) is 4.47. The Labute approximate surface area is 176 Å². The van der Waals surface area contributed by atoms with Gasteiger partial charge in [0.05, 0.1) is 5.56 Å². The first-order valence-electron chi connectivity index (χ1n) is 9.27. The summed E-state index contributed by atoms with van der Waals surface area (Å²) in [5, 5.41) is 6.69. The Kier molecular flexibility index (Phi) is 6.71. The minimum atomic E-state index is -4.80. The summed E-state index contributed by atoms with van der Waals surface area (Å²) in [7, 11) is 0. The van der Waals surface area contributed by atoms with Crippen molar-refractivity contribution in [2.45, 2.75) is 31.9 Å². The molecule has 0 aliphatic rings. The molecular formula is C20H19ClF3N5O. The average molecular weight is 438 g/mol. The summed E-state index contributed by atoms with van der Waals surface area (Å²) >= 11 is 5.92. The van der Waals surface area contributed by atoms with Gasteiger partial charge in [-0.3, -0.25) is 4.79 Å². The first kappa shape index (κ1) is 21.8. The van der Waals surface area contributed by atoms with Crippen molar-refractivity contribution in [3.05, 3.63) is 70.8 Å². The van der Waals surface area contributed by atoms with Crippen LogP contribution in [0.3, 0.4) is 0 Å². The van der Waals surface area contributed by atoms with E-state index >= 15 is 0 Å². The second-order valence-corrected chi connectivity index (χ2v) is 7.07. The van der Waals surface area contributed by atoms with Gasteiger partial charge in [-0.1, -0.05) is 37.1 Å². The standard InChI is InChI=1S/C20H19ClF3N5O/c1-2-4-14(13-5-7-15(21)8-6-13)11-27-18(30)16-12-29(19-25-9-3-10-26-19)28-17(16)20(22,23)24/h3,5-10,12,14H,2,4,11H2,1H3,(H,27,30). The van der Waals surface area contributed by atoms with Crippen molar-refractivity contribution < 1.29 is 18.0 Å². The molecule has 1 unspecified atom stereocenters. The van der Waals surface area contributed by atoms with E-state index in [1.807, 2.05) is 19.1 Å². The van der Waals surface area contributed by atoms with E-state index in [2.05, 4.69) is 20.4 Å². The number of nitrogens with one attached hydrogen (secondary N) is 1. The molecule has 0 radical (unpaired) electrons. The number of halogens is 4. The van der Waals surface area contributed by atoms with Gasteiger partial charge < -0.3 is 5.32 Å². The smallest absolute Gasteiger partial charge is 0.351 e. The number of benzene rings is 1. The highest BCUT2D eigenvalue weighted by atomic mass is 35.5. The highest BCUT2D eigenvalue weighted by Crippen LogP contribution is 2.31. The molecule has 10 heteroatoms. The Bertz CT molecular complexity index is 990. The fourth-order valence-electron chi connectivity index (χ4n) is 3.04. The third kappa shape index (κ3) is 5.15. The monoisotopic (exact) mass is 437 g/mol. The van der Waals surface area contributed by atoms with Crippen molar-refractivity contribution in [2.24, 2.45) is 0 Å². The summed E-state index contributed by atoms with van der Waals surface area (Å²) in [5.74, 6) is -0.982. The van der Waals surface area contributed by atoms with E-state index in [1.165, 1.54) is 18.5 Å². The number of hydrogen-bond acceptors (Lipinski definition) is 4. The molecular weight excluding hydrogens is 419 g/mol. The summed E-state index contributed by atoms with van der Waals surface area (Å²) in [4.78, 5) is 20.4. The summed E-state index contributed by atoms with van der Waals surface area (Å²) in [6.07, 6.45) is 0.540. The van der Waals surface area contributed by atoms with E-state index in [0.717, 1.165) is 29.3 Å². The van der Waals surface area contributed by atoms with Crippen LogP contribution >= 0.6 is 11.6 Å². The van der Waals surface area contributed by atoms with Crippen molar-refractivity contribution in [3.63, 3.8) is 0 Å². The van der Waals surface area contributed by atoms with Crippen LogP contribution < -0.4 is 5.32 Å². The molecule has 0 aliphatic carbocycles. The van der Waals surface area contributed by atoms with Crippen LogP contribution in [0.4, 0.5) is 13.2 Å². The highest BCUT2D eigenvalue weighted by Gasteiger charge is 2.39. The van der Waals surface area contributed by atoms with E-state index in [4.69, 9.17) is 11.6 Å². The topological polar surface area (TPSA) is 72.7 Å². The maximum Gasteiger partial charge on any atom is 0.435 e. The van der Waals surface area contributed by atoms with E-state index in [9.17, 15) is 18.0 Å². The Balaban J connectivity index is 1.83. The van der Waals surface area contributed by atoms with Crippen molar-refractivity contribution in [1.29, 1.82) is 0 Å². The number of hydrogen-bond donors (Lipinski definition) is 1. The van der Waals surface area contributed by atoms with Crippen LogP contribution in [-0.2, 0) is 6.18 Å². The van der Waals surface area contributed by atoms with Gasteiger partial charge in [0.15, 0.2) is 5.69 Å². The largest absolute Gasteiger partial charge is 0.435 e. The molecule has 0 saturated heterocycles. The van der Waals surface area contributed by atoms with Gasteiger partial charge in [-0.15, -0.1) is 0 Å². The summed E-state index contributed by atoms with van der Waals surface area (Å²) < 4.78 is 41.2. The van der Waals surface area contributed by atoms with Crippen LogP contribution in [0.2, 0.25) is 5.02 Å². The molecule has 0 aliphatic heterocycles. The average Bonchev–Trinajstić information content (AvgIpc) is 3.18. The number of nitrogens with zero attached hydrogens (tertiary/aromatic N) is 4. The Morgan fingerprint density at radius 1 is 1.20 bits per heavy atom. The molecule has 3 rings (SSSR count). The first-order chi connectivity index (χ1) is 14.3. The van der Waals surface area contributed by atoms with Crippen molar-refractivity contribution in [3.8, 4) is 5.95 Å². The molecule has 0 saturated carbocycles. The first-order valence-corrected chi connectivity index (χ1v) is 9.65. The number of carbonyl (C=O) groups is 1. The van der Waals surface area contributed by atoms with Crippen LogP contribution in [-0.4, -0.2) is 32.2 Å². The molecule has 3 aromatic rings. The lowest BCUT2D eigenvalue weighted by Gasteiger charge is -2.17. The summed E-state index contributed by atoms with van der Waals surface area (Å²) in [6, 6.07) is 8.71. The van der Waals surface area contributed by atoms with Crippen molar-refractivity contribution in [1.82, 2.24) is 25.1 Å². The lowest BCUT2D eigenvalue weighted by atomic mass is 9.94.